The van der Waals surface area contributed by atoms with Gasteiger partial charge in [-0.25, -0.2) is 0 Å². The molecule has 1 aliphatic rings. The van der Waals surface area contributed by atoms with Gasteiger partial charge >= 0.3 is 0 Å². The summed E-state index contributed by atoms with van der Waals surface area (Å²) in [6, 6.07) is 0. The third-order valence-corrected chi connectivity index (χ3v) is 3.16. The van der Waals surface area contributed by atoms with Crippen molar-refractivity contribution in [3.05, 3.63) is 0 Å². The number of hydrogen-bond acceptors (Lipinski definition) is 4. The molecule has 0 unspecified atom stereocenters. The van der Waals surface area contributed by atoms with Gasteiger partial charge in [0.05, 0.1) is 12.9 Å². The molecule has 1 heterocycles. The molecule has 1 rings (SSSR count). The van der Waals surface area contributed by atoms with Gasteiger partial charge in [-0.05, 0) is 47.1 Å². The van der Waals surface area contributed by atoms with Crippen LogP contribution in [-0.2, 0) is 0 Å². The van der Waals surface area contributed by atoms with E-state index in [0.29, 0.717) is 0 Å². The minimum atomic E-state index is -0.0787. The summed E-state index contributed by atoms with van der Waals surface area (Å²) in [6.45, 7) is 12.7. The third-order valence-electron chi connectivity index (χ3n) is 3.16. The molecule has 0 aromatic heterocycles. The number of nitrogens with one attached hydrogen (secondary N) is 1. The predicted octanol–water partition coefficient (Wildman–Crippen LogP) is 1.22. The Balaban J connectivity index is 2.18. The van der Waals surface area contributed by atoms with Gasteiger partial charge in [-0.3, -0.25) is 4.99 Å². The summed E-state index contributed by atoms with van der Waals surface area (Å²) in [5.74, 6) is 0. The average molecular weight is 240 g/mol. The lowest BCUT2D eigenvalue weighted by Gasteiger charge is -2.30. The first-order valence-corrected chi connectivity index (χ1v) is 6.56. The molecule has 0 fully saturated rings. The Morgan fingerprint density at radius 2 is 2.00 bits per heavy atom. The maximum Gasteiger partial charge on any atom is 0.0851 e. The molecule has 0 spiro atoms. The SMILES string of the molecule is CC(C)(N)CCNC(C)(C)CCN1C=NCC1. The Bertz CT molecular complexity index is 253. The highest BCUT2D eigenvalue weighted by Gasteiger charge is 2.19. The molecule has 0 bridgehead atoms. The zero-order chi connectivity index (χ0) is 12.9. The third kappa shape index (κ3) is 6.64. The second-order valence-electron chi connectivity index (χ2n) is 6.36. The normalized spacial score (nSPS) is 16.9. The quantitative estimate of drug-likeness (QED) is 0.703. The van der Waals surface area contributed by atoms with E-state index in [1.807, 2.05) is 6.34 Å². The van der Waals surface area contributed by atoms with Crippen LogP contribution in [0.5, 0.6) is 0 Å². The van der Waals surface area contributed by atoms with E-state index in [1.165, 1.54) is 0 Å². The molecule has 3 N–H and O–H groups in total. The zero-order valence-electron chi connectivity index (χ0n) is 11.8. The van der Waals surface area contributed by atoms with Crippen molar-refractivity contribution in [1.82, 2.24) is 10.2 Å². The summed E-state index contributed by atoms with van der Waals surface area (Å²) in [4.78, 5) is 6.51. The fourth-order valence-electron chi connectivity index (χ4n) is 1.82. The number of nitrogens with zero attached hydrogens (tertiary/aromatic N) is 2. The van der Waals surface area contributed by atoms with Crippen molar-refractivity contribution in [2.24, 2.45) is 10.7 Å². The van der Waals surface area contributed by atoms with E-state index in [0.717, 1.165) is 39.0 Å². The summed E-state index contributed by atoms with van der Waals surface area (Å²) in [5.41, 5.74) is 6.06. The van der Waals surface area contributed by atoms with Gasteiger partial charge in [-0.1, -0.05) is 0 Å². The van der Waals surface area contributed by atoms with Crippen LogP contribution in [0.1, 0.15) is 40.5 Å². The van der Waals surface area contributed by atoms with Crippen LogP contribution in [0.15, 0.2) is 4.99 Å². The molecular formula is C13H28N4. The van der Waals surface area contributed by atoms with Crippen LogP contribution in [0.25, 0.3) is 0 Å². The van der Waals surface area contributed by atoms with Crippen molar-refractivity contribution in [1.29, 1.82) is 0 Å². The van der Waals surface area contributed by atoms with Gasteiger partial charge in [0.2, 0.25) is 0 Å². The van der Waals surface area contributed by atoms with Crippen LogP contribution >= 0.6 is 0 Å². The summed E-state index contributed by atoms with van der Waals surface area (Å²) < 4.78 is 0. The van der Waals surface area contributed by atoms with Gasteiger partial charge in [0.25, 0.3) is 0 Å². The van der Waals surface area contributed by atoms with Crippen LogP contribution < -0.4 is 11.1 Å². The second-order valence-corrected chi connectivity index (χ2v) is 6.36. The van der Waals surface area contributed by atoms with Gasteiger partial charge in [0, 0.05) is 24.2 Å². The first-order chi connectivity index (χ1) is 7.79. The van der Waals surface area contributed by atoms with E-state index in [1.54, 1.807) is 0 Å². The molecular weight excluding hydrogens is 212 g/mol. The lowest BCUT2D eigenvalue weighted by Crippen LogP contribution is -2.45. The Labute approximate surface area is 106 Å². The van der Waals surface area contributed by atoms with Crippen molar-refractivity contribution < 1.29 is 0 Å². The summed E-state index contributed by atoms with van der Waals surface area (Å²) in [6.07, 6.45) is 4.10. The smallest absolute Gasteiger partial charge is 0.0851 e. The highest BCUT2D eigenvalue weighted by molar-refractivity contribution is 5.56. The van der Waals surface area contributed by atoms with Crippen LogP contribution in [0.3, 0.4) is 0 Å². The van der Waals surface area contributed by atoms with Crippen LogP contribution in [0, 0.1) is 0 Å². The van der Waals surface area contributed by atoms with Gasteiger partial charge in [-0.15, -0.1) is 0 Å². The van der Waals surface area contributed by atoms with Crippen molar-refractivity contribution in [2.45, 2.75) is 51.6 Å². The molecule has 0 radical (unpaired) electrons. The summed E-state index contributed by atoms with van der Waals surface area (Å²) in [7, 11) is 0. The highest BCUT2D eigenvalue weighted by atomic mass is 15.2. The molecule has 0 saturated heterocycles. The Morgan fingerprint density at radius 1 is 1.29 bits per heavy atom. The Morgan fingerprint density at radius 3 is 2.53 bits per heavy atom. The van der Waals surface area contributed by atoms with Crippen molar-refractivity contribution in [3.8, 4) is 0 Å². The molecule has 1 aliphatic heterocycles. The largest absolute Gasteiger partial charge is 0.361 e. The van der Waals surface area contributed by atoms with Gasteiger partial charge in [-0.2, -0.15) is 0 Å². The monoisotopic (exact) mass is 240 g/mol. The minimum absolute atomic E-state index is 0.0787. The van der Waals surface area contributed by atoms with Gasteiger partial charge < -0.3 is 16.0 Å². The van der Waals surface area contributed by atoms with Crippen LogP contribution in [0.2, 0.25) is 0 Å². The fourth-order valence-corrected chi connectivity index (χ4v) is 1.82. The van der Waals surface area contributed by atoms with Crippen LogP contribution in [-0.4, -0.2) is 48.5 Å². The molecule has 0 atom stereocenters. The number of aliphatic imine (C=N–C) groups is 1. The summed E-state index contributed by atoms with van der Waals surface area (Å²) >= 11 is 0. The predicted molar refractivity (Wildman–Crippen MR) is 74.5 cm³/mol. The maximum atomic E-state index is 5.97. The van der Waals surface area contributed by atoms with Gasteiger partial charge in [0.15, 0.2) is 0 Å². The highest BCUT2D eigenvalue weighted by Crippen LogP contribution is 2.11. The van der Waals surface area contributed by atoms with E-state index in [9.17, 15) is 0 Å². The van der Waals surface area contributed by atoms with E-state index >= 15 is 0 Å². The lowest BCUT2D eigenvalue weighted by molar-refractivity contribution is 0.306. The number of hydrogen-bond donors (Lipinski definition) is 2. The average Bonchev–Trinajstić information content (AvgIpc) is 2.64. The van der Waals surface area contributed by atoms with E-state index < -0.39 is 0 Å². The summed E-state index contributed by atoms with van der Waals surface area (Å²) in [5, 5.41) is 3.59. The van der Waals surface area contributed by atoms with E-state index in [4.69, 9.17) is 5.73 Å². The van der Waals surface area contributed by atoms with Crippen molar-refractivity contribution in [3.63, 3.8) is 0 Å². The zero-order valence-corrected chi connectivity index (χ0v) is 11.8. The molecule has 0 aliphatic carbocycles. The fraction of sp³-hybridized carbons (Fsp3) is 0.923. The number of rotatable bonds is 7. The molecule has 0 aromatic carbocycles. The first kappa shape index (κ1) is 14.5. The minimum Gasteiger partial charge on any atom is -0.361 e. The van der Waals surface area contributed by atoms with Crippen molar-refractivity contribution >= 4 is 6.34 Å². The molecule has 0 saturated carbocycles. The van der Waals surface area contributed by atoms with Gasteiger partial charge in [0.1, 0.15) is 0 Å². The molecule has 4 nitrogen and oxygen atoms in total. The second kappa shape index (κ2) is 5.83. The standard InChI is InChI=1S/C13H28N4/c1-12(2,14)5-7-16-13(3,4)6-9-17-10-8-15-11-17/h11,16H,5-10,14H2,1-4H3. The molecule has 0 aromatic rings. The van der Waals surface area contributed by atoms with E-state index in [2.05, 4.69) is 42.9 Å². The molecule has 100 valence electrons. The Hall–Kier alpha value is -0.610. The first-order valence-electron chi connectivity index (χ1n) is 6.56. The topological polar surface area (TPSA) is 53.6 Å². The molecule has 4 heteroatoms. The molecule has 17 heavy (non-hydrogen) atoms. The molecule has 0 amide bonds. The lowest BCUT2D eigenvalue weighted by atomic mass is 9.98. The van der Waals surface area contributed by atoms with Crippen molar-refractivity contribution in [2.75, 3.05) is 26.2 Å². The number of nitrogens with two attached hydrogens (primary N) is 1. The maximum absolute atomic E-state index is 5.97. The van der Waals surface area contributed by atoms with Crippen LogP contribution in [0.4, 0.5) is 0 Å². The Kier molecular flexibility index (Phi) is 4.95. The van der Waals surface area contributed by atoms with E-state index in [-0.39, 0.29) is 11.1 Å².